The zero-order valence-corrected chi connectivity index (χ0v) is 40.3. The molecule has 14 aromatic rings. The van der Waals surface area contributed by atoms with Gasteiger partial charge in [0.05, 0.1) is 11.0 Å². The number of furan rings is 2. The highest BCUT2D eigenvalue weighted by atomic mass is 16.3. The molecule has 0 fully saturated rings. The Morgan fingerprint density at radius 2 is 0.747 bits per heavy atom. The molecule has 0 radical (unpaired) electrons. The lowest BCUT2D eigenvalue weighted by Crippen LogP contribution is -2.26. The van der Waals surface area contributed by atoms with E-state index < -0.39 is 5.41 Å². The van der Waals surface area contributed by atoms with Crippen LogP contribution in [0.25, 0.3) is 134 Å². The molecule has 0 unspecified atom stereocenters. The molecule has 0 saturated heterocycles. The van der Waals surface area contributed by atoms with E-state index in [9.17, 15) is 0 Å². The predicted octanol–water partition coefficient (Wildman–Crippen LogP) is 18.0. The van der Waals surface area contributed by atoms with Gasteiger partial charge in [-0.15, -0.1) is 0 Å². The molecule has 2 aliphatic carbocycles. The van der Waals surface area contributed by atoms with Gasteiger partial charge < -0.3 is 8.83 Å². The van der Waals surface area contributed by atoms with Gasteiger partial charge in [-0.25, -0.2) is 15.0 Å². The van der Waals surface area contributed by atoms with Crippen LogP contribution in [0.4, 0.5) is 0 Å². The molecular formula is C70H41N3O2. The molecule has 0 aliphatic heterocycles. The van der Waals surface area contributed by atoms with Crippen molar-refractivity contribution in [3.8, 4) is 89.8 Å². The molecule has 0 amide bonds. The number of benzene rings is 11. The summed E-state index contributed by atoms with van der Waals surface area (Å²) in [6.45, 7) is 0. The van der Waals surface area contributed by atoms with Gasteiger partial charge in [-0.2, -0.15) is 0 Å². The second-order valence-corrected chi connectivity index (χ2v) is 19.7. The highest BCUT2D eigenvalue weighted by Crippen LogP contribution is 2.64. The second-order valence-electron chi connectivity index (χ2n) is 19.7. The van der Waals surface area contributed by atoms with Crippen molar-refractivity contribution in [1.82, 2.24) is 15.0 Å². The Labute approximate surface area is 431 Å². The highest BCUT2D eigenvalue weighted by molar-refractivity contribution is 6.13. The molecule has 5 heteroatoms. The summed E-state index contributed by atoms with van der Waals surface area (Å²) in [7, 11) is 0. The van der Waals surface area contributed by atoms with Crippen molar-refractivity contribution >= 4 is 43.9 Å². The van der Waals surface area contributed by atoms with Crippen LogP contribution in [0.1, 0.15) is 22.3 Å². The van der Waals surface area contributed by atoms with Crippen LogP contribution < -0.4 is 0 Å². The van der Waals surface area contributed by atoms with E-state index >= 15 is 0 Å². The van der Waals surface area contributed by atoms with Crippen molar-refractivity contribution < 1.29 is 8.83 Å². The third kappa shape index (κ3) is 6.10. The lowest BCUT2D eigenvalue weighted by atomic mass is 9.68. The van der Waals surface area contributed by atoms with Gasteiger partial charge in [-0.1, -0.05) is 212 Å². The first-order chi connectivity index (χ1) is 37.2. The monoisotopic (exact) mass is 955 g/mol. The number of rotatable bonds is 6. The smallest absolute Gasteiger partial charge is 0.167 e. The van der Waals surface area contributed by atoms with Gasteiger partial charge in [0.1, 0.15) is 22.3 Å². The van der Waals surface area contributed by atoms with E-state index in [0.29, 0.717) is 17.5 Å². The SMILES string of the molecule is c1ccc(-c2cccc(-c3nc(-c4cccc5c4oc4ccccc45)nc(-c4cccc5oc6ccc(-c7ccc(-c8cccc9c8C8(c%10ccccc%10-c%10ccccc%108)c8ccccc8-9)cc7)cc6c45)n3)c2)cc1. The van der Waals surface area contributed by atoms with Crippen molar-refractivity contribution in [2.75, 3.05) is 0 Å². The molecule has 0 N–H and O–H groups in total. The third-order valence-corrected chi connectivity index (χ3v) is 15.8. The van der Waals surface area contributed by atoms with Crippen LogP contribution in [-0.2, 0) is 5.41 Å². The van der Waals surface area contributed by atoms with E-state index in [1.165, 1.54) is 55.6 Å². The Balaban J connectivity index is 0.837. The maximum Gasteiger partial charge on any atom is 0.167 e. The Kier molecular flexibility index (Phi) is 8.89. The Hall–Kier alpha value is -9.97. The van der Waals surface area contributed by atoms with E-state index in [-0.39, 0.29) is 0 Å². The number of aromatic nitrogens is 3. The summed E-state index contributed by atoms with van der Waals surface area (Å²) in [6.07, 6.45) is 0. The first kappa shape index (κ1) is 41.6. The molecule has 75 heavy (non-hydrogen) atoms. The Morgan fingerprint density at radius 1 is 0.267 bits per heavy atom. The van der Waals surface area contributed by atoms with Crippen molar-refractivity contribution in [2.45, 2.75) is 5.41 Å². The van der Waals surface area contributed by atoms with Crippen LogP contribution in [0.2, 0.25) is 0 Å². The first-order valence-electron chi connectivity index (χ1n) is 25.5. The van der Waals surface area contributed by atoms with E-state index in [1.54, 1.807) is 0 Å². The van der Waals surface area contributed by atoms with Gasteiger partial charge in [0.25, 0.3) is 0 Å². The molecule has 11 aromatic carbocycles. The van der Waals surface area contributed by atoms with E-state index in [1.807, 2.05) is 48.5 Å². The molecule has 16 rings (SSSR count). The summed E-state index contributed by atoms with van der Waals surface area (Å²) < 4.78 is 13.2. The molecule has 348 valence electrons. The van der Waals surface area contributed by atoms with Gasteiger partial charge in [-0.3, -0.25) is 0 Å². The number of hydrogen-bond donors (Lipinski definition) is 0. The molecular weight excluding hydrogens is 915 g/mol. The van der Waals surface area contributed by atoms with Crippen LogP contribution in [-0.4, -0.2) is 15.0 Å². The van der Waals surface area contributed by atoms with Gasteiger partial charge >= 0.3 is 0 Å². The lowest BCUT2D eigenvalue weighted by Gasteiger charge is -2.32. The van der Waals surface area contributed by atoms with Crippen LogP contribution in [0.15, 0.2) is 258 Å². The maximum absolute atomic E-state index is 6.65. The highest BCUT2D eigenvalue weighted by Gasteiger charge is 2.52. The normalized spacial score (nSPS) is 12.9. The summed E-state index contributed by atoms with van der Waals surface area (Å²) in [6, 6.07) is 88.7. The molecule has 2 aliphatic rings. The van der Waals surface area contributed by atoms with Crippen molar-refractivity contribution in [2.24, 2.45) is 0 Å². The van der Waals surface area contributed by atoms with Gasteiger partial charge in [0, 0.05) is 32.7 Å². The average Bonchev–Trinajstić information content (AvgIpc) is 4.30. The van der Waals surface area contributed by atoms with Crippen LogP contribution in [0.3, 0.4) is 0 Å². The Bertz CT molecular complexity index is 4600. The van der Waals surface area contributed by atoms with Gasteiger partial charge in [0.15, 0.2) is 17.5 Å². The standard InChI is InChI=1S/C70H41N3O2/c1-2-16-42(17-3-1)45-18-12-19-47(40-45)67-71-68(73-69(72-67)56-28-14-26-54-52-23-7-11-32-61(52)75-66(54)56)55-27-15-33-63-64(55)57-41-46(38-39-62(57)74-63)43-34-36-44(37-35-43)48-24-13-25-53-51-22-6-10-31-60(51)70(65(48)53)58-29-8-4-20-49(58)50-21-5-9-30-59(50)70/h1-41H. The quantitative estimate of drug-likeness (QED) is 0.166. The van der Waals surface area contributed by atoms with Crippen LogP contribution in [0, 0.1) is 0 Å². The third-order valence-electron chi connectivity index (χ3n) is 15.8. The summed E-state index contributed by atoms with van der Waals surface area (Å²) in [5.41, 5.74) is 22.5. The summed E-state index contributed by atoms with van der Waals surface area (Å²) in [5.74, 6) is 1.63. The fourth-order valence-corrected chi connectivity index (χ4v) is 12.6. The zero-order chi connectivity index (χ0) is 49.2. The molecule has 3 aromatic heterocycles. The Morgan fingerprint density at radius 3 is 1.53 bits per heavy atom. The minimum Gasteiger partial charge on any atom is -0.456 e. The predicted molar refractivity (Wildman–Crippen MR) is 303 cm³/mol. The number of hydrogen-bond acceptors (Lipinski definition) is 5. The largest absolute Gasteiger partial charge is 0.456 e. The minimum absolute atomic E-state index is 0.438. The van der Waals surface area contributed by atoms with E-state index in [0.717, 1.165) is 82.8 Å². The van der Waals surface area contributed by atoms with Crippen molar-refractivity contribution in [1.29, 1.82) is 0 Å². The molecule has 0 atom stereocenters. The molecule has 0 bridgehead atoms. The molecule has 5 nitrogen and oxygen atoms in total. The fourth-order valence-electron chi connectivity index (χ4n) is 12.6. The number of nitrogens with zero attached hydrogens (tertiary/aromatic N) is 3. The number of fused-ring (bicyclic) bond motifs is 16. The van der Waals surface area contributed by atoms with Gasteiger partial charge in [0.2, 0.25) is 0 Å². The van der Waals surface area contributed by atoms with Crippen LogP contribution >= 0.6 is 0 Å². The molecule has 0 saturated carbocycles. The minimum atomic E-state index is -0.438. The van der Waals surface area contributed by atoms with Crippen molar-refractivity contribution in [3.05, 3.63) is 271 Å². The zero-order valence-electron chi connectivity index (χ0n) is 40.3. The second kappa shape index (κ2) is 16.0. The van der Waals surface area contributed by atoms with E-state index in [4.69, 9.17) is 23.8 Å². The topological polar surface area (TPSA) is 65.0 Å². The lowest BCUT2D eigenvalue weighted by molar-refractivity contribution is 0.668. The summed E-state index contributed by atoms with van der Waals surface area (Å²) >= 11 is 0. The fraction of sp³-hybridized carbons (Fsp3) is 0.0143. The van der Waals surface area contributed by atoms with Crippen molar-refractivity contribution in [3.63, 3.8) is 0 Å². The summed E-state index contributed by atoms with van der Waals surface area (Å²) in [5, 5.41) is 3.98. The molecule has 3 heterocycles. The van der Waals surface area contributed by atoms with Gasteiger partial charge in [-0.05, 0) is 114 Å². The first-order valence-corrected chi connectivity index (χ1v) is 25.5. The average molecular weight is 956 g/mol. The maximum atomic E-state index is 6.65. The molecule has 1 spiro atoms. The van der Waals surface area contributed by atoms with Crippen LogP contribution in [0.5, 0.6) is 0 Å². The number of para-hydroxylation sites is 2. The summed E-state index contributed by atoms with van der Waals surface area (Å²) in [4.78, 5) is 15.9. The van der Waals surface area contributed by atoms with E-state index in [2.05, 4.69) is 200 Å².